The lowest BCUT2D eigenvalue weighted by molar-refractivity contribution is 0.0252. The predicted molar refractivity (Wildman–Crippen MR) is 102 cm³/mol. The van der Waals surface area contributed by atoms with Gasteiger partial charge in [0.1, 0.15) is 5.75 Å². The Hall–Kier alpha value is -1.02. The maximum Gasteiger partial charge on any atom is 0.189 e. The van der Waals surface area contributed by atoms with Gasteiger partial charge in [-0.05, 0) is 18.9 Å². The molecule has 0 aromatic heterocycles. The number of benzene rings is 1. The molecule has 3 N–H and O–H groups in total. The summed E-state index contributed by atoms with van der Waals surface area (Å²) in [6, 6.07) is 8.27. The van der Waals surface area contributed by atoms with E-state index in [0.29, 0.717) is 12.6 Å². The molecule has 1 aliphatic heterocycles. The number of ether oxygens (including phenoxy) is 2. The molecule has 1 fully saturated rings. The molecule has 23 heavy (non-hydrogen) atoms. The van der Waals surface area contributed by atoms with Crippen LogP contribution in [0.2, 0.25) is 0 Å². The monoisotopic (exact) mass is 431 g/mol. The lowest BCUT2D eigenvalue weighted by Crippen LogP contribution is -2.41. The number of aliphatic imine (C=N–C) groups is 1. The second kappa shape index (κ2) is 8.19. The molecule has 1 aromatic carbocycles. The van der Waals surface area contributed by atoms with Crippen LogP contribution in [0, 0.1) is 5.41 Å². The number of para-hydroxylation sites is 1. The van der Waals surface area contributed by atoms with Gasteiger partial charge in [0.2, 0.25) is 0 Å². The molecular weight excluding hydrogens is 405 g/mol. The molecule has 0 amide bonds. The van der Waals surface area contributed by atoms with Crippen LogP contribution in [0.3, 0.4) is 0 Å². The quantitative estimate of drug-likeness (QED) is 0.428. The van der Waals surface area contributed by atoms with E-state index < -0.39 is 0 Å². The number of guanidine groups is 1. The second-order valence-corrected chi connectivity index (χ2v) is 6.36. The first kappa shape index (κ1) is 18.3. The topological polar surface area (TPSA) is 68.9 Å². The number of methoxy groups -OCH3 is 1. The molecule has 1 aromatic rings. The molecule has 1 aliphatic carbocycles. The van der Waals surface area contributed by atoms with Gasteiger partial charge < -0.3 is 20.5 Å². The smallest absolute Gasteiger partial charge is 0.189 e. The van der Waals surface area contributed by atoms with Crippen LogP contribution in [0.25, 0.3) is 0 Å². The van der Waals surface area contributed by atoms with Crippen LogP contribution < -0.4 is 15.8 Å². The van der Waals surface area contributed by atoms with Gasteiger partial charge in [-0.3, -0.25) is 4.99 Å². The molecule has 6 heteroatoms. The fourth-order valence-electron chi connectivity index (χ4n) is 3.30. The summed E-state index contributed by atoms with van der Waals surface area (Å²) >= 11 is 0. The standard InChI is InChI=1S/C17H25N3O2.HI/c1-21-12-17(8-4-9-17)11-19-16(18)20-14-7-10-22-15-6-3-2-5-13(14)15;/h2-3,5-6,14H,4,7-12H2,1H3,(H3,18,19,20);1H. The summed E-state index contributed by atoms with van der Waals surface area (Å²) in [6.45, 7) is 2.21. The fourth-order valence-corrected chi connectivity index (χ4v) is 3.30. The number of fused-ring (bicyclic) bond motifs is 1. The van der Waals surface area contributed by atoms with E-state index in [1.807, 2.05) is 18.2 Å². The number of nitrogens with one attached hydrogen (secondary N) is 1. The SMILES string of the molecule is COCC1(CN=C(N)NC2CCOc3ccccc32)CCC1.I. The maximum absolute atomic E-state index is 6.10. The molecule has 1 heterocycles. The summed E-state index contributed by atoms with van der Waals surface area (Å²) in [4.78, 5) is 4.57. The van der Waals surface area contributed by atoms with Gasteiger partial charge in [0.25, 0.3) is 0 Å². The van der Waals surface area contributed by atoms with Crippen molar-refractivity contribution >= 4 is 29.9 Å². The highest BCUT2D eigenvalue weighted by Gasteiger charge is 2.36. The number of halogens is 1. The van der Waals surface area contributed by atoms with Crippen LogP contribution in [0.1, 0.15) is 37.3 Å². The molecule has 128 valence electrons. The third kappa shape index (κ3) is 4.29. The molecule has 5 nitrogen and oxygen atoms in total. The Morgan fingerprint density at radius 1 is 1.43 bits per heavy atom. The minimum absolute atomic E-state index is 0. The van der Waals surface area contributed by atoms with Gasteiger partial charge in [-0.1, -0.05) is 24.6 Å². The van der Waals surface area contributed by atoms with E-state index in [1.54, 1.807) is 7.11 Å². The highest BCUT2D eigenvalue weighted by Crippen LogP contribution is 2.41. The Balaban J connectivity index is 0.00000192. The Kier molecular flexibility index (Phi) is 6.52. The Bertz CT molecular complexity index is 546. The maximum atomic E-state index is 6.10. The molecule has 0 bridgehead atoms. The second-order valence-electron chi connectivity index (χ2n) is 6.36. The van der Waals surface area contributed by atoms with Gasteiger partial charge in [0, 0.05) is 24.5 Å². The van der Waals surface area contributed by atoms with E-state index in [2.05, 4.69) is 16.4 Å². The Labute approximate surface area is 155 Å². The van der Waals surface area contributed by atoms with Gasteiger partial charge in [-0.15, -0.1) is 24.0 Å². The van der Waals surface area contributed by atoms with Gasteiger partial charge >= 0.3 is 0 Å². The van der Waals surface area contributed by atoms with Gasteiger partial charge in [0.15, 0.2) is 5.96 Å². The molecule has 1 atom stereocenters. The summed E-state index contributed by atoms with van der Waals surface area (Å²) in [5.74, 6) is 1.46. The predicted octanol–water partition coefficient (Wildman–Crippen LogP) is 2.85. The van der Waals surface area contributed by atoms with Crippen molar-refractivity contribution in [2.24, 2.45) is 16.1 Å². The van der Waals surface area contributed by atoms with Crippen LogP contribution in [0.5, 0.6) is 5.75 Å². The van der Waals surface area contributed by atoms with Crippen molar-refractivity contribution < 1.29 is 9.47 Å². The summed E-state index contributed by atoms with van der Waals surface area (Å²) in [7, 11) is 1.75. The van der Waals surface area contributed by atoms with Crippen molar-refractivity contribution in [3.8, 4) is 5.75 Å². The van der Waals surface area contributed by atoms with Crippen LogP contribution >= 0.6 is 24.0 Å². The minimum Gasteiger partial charge on any atom is -0.493 e. The summed E-state index contributed by atoms with van der Waals surface area (Å²) in [6.07, 6.45) is 4.52. The van der Waals surface area contributed by atoms with Gasteiger partial charge in [-0.25, -0.2) is 0 Å². The molecular formula is C17H26IN3O2. The average molecular weight is 431 g/mol. The van der Waals surface area contributed by atoms with Crippen molar-refractivity contribution in [3.63, 3.8) is 0 Å². The lowest BCUT2D eigenvalue weighted by atomic mass is 9.69. The molecule has 1 unspecified atom stereocenters. The third-order valence-electron chi connectivity index (χ3n) is 4.73. The largest absolute Gasteiger partial charge is 0.493 e. The molecule has 2 aliphatic rings. The highest BCUT2D eigenvalue weighted by atomic mass is 127. The van der Waals surface area contributed by atoms with Gasteiger partial charge in [-0.2, -0.15) is 0 Å². The normalized spacial score (nSPS) is 22.1. The number of hydrogen-bond donors (Lipinski definition) is 2. The van der Waals surface area contributed by atoms with E-state index in [0.717, 1.165) is 30.9 Å². The van der Waals surface area contributed by atoms with E-state index in [9.17, 15) is 0 Å². The molecule has 0 spiro atoms. The first-order valence-corrected chi connectivity index (χ1v) is 8.00. The Morgan fingerprint density at radius 3 is 2.91 bits per heavy atom. The minimum atomic E-state index is 0. The number of nitrogens with two attached hydrogens (primary N) is 1. The zero-order valence-corrected chi connectivity index (χ0v) is 15.9. The fraction of sp³-hybridized carbons (Fsp3) is 0.588. The number of hydrogen-bond acceptors (Lipinski definition) is 3. The number of nitrogens with zero attached hydrogens (tertiary/aromatic N) is 1. The first-order valence-electron chi connectivity index (χ1n) is 8.00. The molecule has 0 radical (unpaired) electrons. The van der Waals surface area contributed by atoms with Crippen molar-refractivity contribution in [3.05, 3.63) is 29.8 Å². The Morgan fingerprint density at radius 2 is 2.22 bits per heavy atom. The van der Waals surface area contributed by atoms with E-state index in [1.165, 1.54) is 19.3 Å². The molecule has 3 rings (SSSR count). The van der Waals surface area contributed by atoms with Crippen molar-refractivity contribution in [2.75, 3.05) is 26.9 Å². The van der Waals surface area contributed by atoms with Crippen LogP contribution in [0.4, 0.5) is 0 Å². The third-order valence-corrected chi connectivity index (χ3v) is 4.73. The van der Waals surface area contributed by atoms with E-state index in [4.69, 9.17) is 15.2 Å². The summed E-state index contributed by atoms with van der Waals surface area (Å²) < 4.78 is 11.0. The zero-order chi connectivity index (χ0) is 15.4. The van der Waals surface area contributed by atoms with E-state index in [-0.39, 0.29) is 35.4 Å². The van der Waals surface area contributed by atoms with Crippen LogP contribution in [-0.4, -0.2) is 32.8 Å². The van der Waals surface area contributed by atoms with Crippen molar-refractivity contribution in [1.82, 2.24) is 5.32 Å². The highest BCUT2D eigenvalue weighted by molar-refractivity contribution is 14.0. The zero-order valence-electron chi connectivity index (χ0n) is 13.6. The average Bonchev–Trinajstić information content (AvgIpc) is 2.50. The molecule has 1 saturated carbocycles. The first-order chi connectivity index (χ1) is 10.7. The lowest BCUT2D eigenvalue weighted by Gasteiger charge is -2.40. The van der Waals surface area contributed by atoms with Crippen LogP contribution in [-0.2, 0) is 4.74 Å². The number of rotatable bonds is 5. The van der Waals surface area contributed by atoms with Gasteiger partial charge in [0.05, 0.1) is 25.8 Å². The summed E-state index contributed by atoms with van der Waals surface area (Å²) in [5.41, 5.74) is 7.46. The van der Waals surface area contributed by atoms with E-state index >= 15 is 0 Å². The molecule has 0 saturated heterocycles. The van der Waals surface area contributed by atoms with Crippen LogP contribution in [0.15, 0.2) is 29.3 Å². The van der Waals surface area contributed by atoms with Crippen molar-refractivity contribution in [2.45, 2.75) is 31.7 Å². The van der Waals surface area contributed by atoms with Crippen molar-refractivity contribution in [1.29, 1.82) is 0 Å². The summed E-state index contributed by atoms with van der Waals surface area (Å²) in [5, 5.41) is 3.34.